The lowest BCUT2D eigenvalue weighted by Crippen LogP contribution is -2.46. The maximum Gasteiger partial charge on any atom is 0.194 e. The molecular formula is C22H18ClF3N6O3. The molecule has 182 valence electrons. The second kappa shape index (κ2) is 9.38. The van der Waals surface area contributed by atoms with Crippen LogP contribution in [0.15, 0.2) is 48.8 Å². The van der Waals surface area contributed by atoms with Crippen LogP contribution in [-0.4, -0.2) is 59.0 Å². The van der Waals surface area contributed by atoms with Gasteiger partial charge in [-0.3, -0.25) is 0 Å². The molecule has 1 aliphatic rings. The predicted molar refractivity (Wildman–Crippen MR) is 116 cm³/mol. The third-order valence-electron chi connectivity index (χ3n) is 5.85. The van der Waals surface area contributed by atoms with Gasteiger partial charge in [0.1, 0.15) is 17.9 Å². The van der Waals surface area contributed by atoms with E-state index in [1.54, 1.807) is 30.5 Å². The molecule has 1 saturated heterocycles. The first-order valence-corrected chi connectivity index (χ1v) is 10.9. The zero-order valence-electron chi connectivity index (χ0n) is 17.8. The van der Waals surface area contributed by atoms with Gasteiger partial charge in [0.2, 0.25) is 0 Å². The summed E-state index contributed by atoms with van der Waals surface area (Å²) in [6.45, 7) is -0.491. The third-order valence-corrected chi connectivity index (χ3v) is 6.10. The van der Waals surface area contributed by atoms with Gasteiger partial charge in [0.05, 0.1) is 30.7 Å². The summed E-state index contributed by atoms with van der Waals surface area (Å²) in [4.78, 5) is 0. The Balaban J connectivity index is 1.46. The van der Waals surface area contributed by atoms with Crippen LogP contribution in [0.1, 0.15) is 18.7 Å². The topological polar surface area (TPSA) is 111 Å². The molecule has 5 rings (SSSR count). The van der Waals surface area contributed by atoms with Crippen molar-refractivity contribution in [2.45, 2.75) is 30.9 Å². The Morgan fingerprint density at radius 2 is 1.77 bits per heavy atom. The summed E-state index contributed by atoms with van der Waals surface area (Å²) in [7, 11) is 0. The predicted octanol–water partition coefficient (Wildman–Crippen LogP) is 3.16. The van der Waals surface area contributed by atoms with Crippen molar-refractivity contribution in [1.82, 2.24) is 30.0 Å². The van der Waals surface area contributed by atoms with E-state index in [2.05, 4.69) is 20.6 Å². The molecule has 2 aromatic heterocycles. The maximum atomic E-state index is 13.7. The lowest BCUT2D eigenvalue weighted by molar-refractivity contribution is -0.183. The minimum Gasteiger partial charge on any atom is -0.394 e. The maximum absolute atomic E-state index is 13.7. The van der Waals surface area contributed by atoms with Crippen molar-refractivity contribution >= 4 is 11.6 Å². The van der Waals surface area contributed by atoms with E-state index in [1.165, 1.54) is 15.6 Å². The summed E-state index contributed by atoms with van der Waals surface area (Å²) in [5, 5.41) is 37.2. The molecule has 35 heavy (non-hydrogen) atoms. The van der Waals surface area contributed by atoms with E-state index >= 15 is 0 Å². The zero-order chi connectivity index (χ0) is 24.7. The Hall–Kier alpha value is -3.32. The minimum absolute atomic E-state index is 0.0224. The number of benzene rings is 2. The monoisotopic (exact) mass is 506 g/mol. The summed E-state index contributed by atoms with van der Waals surface area (Å²) in [5.74, 6) is -4.30. The molecular weight excluding hydrogens is 489 g/mol. The molecule has 2 N–H and O–H groups in total. The molecule has 4 unspecified atom stereocenters. The molecule has 9 nitrogen and oxygen atoms in total. The second-order valence-electron chi connectivity index (χ2n) is 8.01. The third kappa shape index (κ3) is 4.41. The first kappa shape index (κ1) is 23.4. The normalized spacial score (nSPS) is 22.5. The number of halogens is 4. The molecule has 3 heterocycles. The molecule has 2 aromatic carbocycles. The Morgan fingerprint density at radius 1 is 1.06 bits per heavy atom. The zero-order valence-corrected chi connectivity index (χ0v) is 18.6. The van der Waals surface area contributed by atoms with Gasteiger partial charge in [-0.05, 0) is 24.3 Å². The lowest BCUT2D eigenvalue weighted by Gasteiger charge is -2.38. The number of aromatic nitrogens is 6. The molecule has 0 amide bonds. The van der Waals surface area contributed by atoms with Gasteiger partial charge in [-0.15, -0.1) is 10.2 Å². The van der Waals surface area contributed by atoms with E-state index in [1.807, 2.05) is 0 Å². The van der Waals surface area contributed by atoms with E-state index in [0.29, 0.717) is 10.7 Å². The van der Waals surface area contributed by atoms with Crippen LogP contribution in [0.4, 0.5) is 13.2 Å². The lowest BCUT2D eigenvalue weighted by atomic mass is 9.98. The molecule has 0 bridgehead atoms. The van der Waals surface area contributed by atoms with Gasteiger partial charge in [-0.2, -0.15) is 0 Å². The molecule has 0 radical (unpaired) electrons. The SMILES string of the molecule is OCC1OC(n2nncc2-c2ccc(Cl)cc2)CC(n2cc(-c3cc(F)c(F)c(F)c3)nn2)C1O. The Bertz CT molecular complexity index is 1330. The van der Waals surface area contributed by atoms with Gasteiger partial charge in [-0.1, -0.05) is 34.2 Å². The fraction of sp³-hybridized carbons (Fsp3) is 0.273. The van der Waals surface area contributed by atoms with Gasteiger partial charge >= 0.3 is 0 Å². The van der Waals surface area contributed by atoms with Gasteiger partial charge in [0, 0.05) is 22.6 Å². The highest BCUT2D eigenvalue weighted by atomic mass is 35.5. The molecule has 1 fully saturated rings. The molecule has 0 saturated carbocycles. The standard InChI is InChI=1S/C22H18ClF3N6O3/c23-13-3-1-11(2-4-13)18-8-27-29-32(18)20-7-17(22(34)19(10-33)35-20)31-9-16(28-30-31)12-5-14(24)21(26)15(25)6-12/h1-6,8-9,17,19-20,22,33-34H,7,10H2. The van der Waals surface area contributed by atoms with Crippen LogP contribution in [0.25, 0.3) is 22.5 Å². The van der Waals surface area contributed by atoms with Crippen LogP contribution in [0.5, 0.6) is 0 Å². The summed E-state index contributed by atoms with van der Waals surface area (Å²) < 4.78 is 49.4. The fourth-order valence-electron chi connectivity index (χ4n) is 4.06. The van der Waals surface area contributed by atoms with Crippen molar-refractivity contribution in [2.24, 2.45) is 0 Å². The summed E-state index contributed by atoms with van der Waals surface area (Å²) in [6, 6.07) is 7.89. The van der Waals surface area contributed by atoms with Gasteiger partial charge in [-0.25, -0.2) is 22.5 Å². The van der Waals surface area contributed by atoms with E-state index in [4.69, 9.17) is 16.3 Å². The highest BCUT2D eigenvalue weighted by Gasteiger charge is 2.41. The number of hydrogen-bond acceptors (Lipinski definition) is 7. The van der Waals surface area contributed by atoms with Crippen LogP contribution in [0, 0.1) is 17.5 Å². The fourth-order valence-corrected chi connectivity index (χ4v) is 4.19. The quantitative estimate of drug-likeness (QED) is 0.400. The second-order valence-corrected chi connectivity index (χ2v) is 8.45. The number of nitrogens with zero attached hydrogens (tertiary/aromatic N) is 6. The Kier molecular flexibility index (Phi) is 6.28. The highest BCUT2D eigenvalue weighted by Crippen LogP contribution is 2.37. The smallest absolute Gasteiger partial charge is 0.194 e. The Labute approximate surface area is 201 Å². The van der Waals surface area contributed by atoms with Gasteiger partial charge in [0.15, 0.2) is 23.7 Å². The first-order valence-electron chi connectivity index (χ1n) is 10.5. The Morgan fingerprint density at radius 3 is 2.46 bits per heavy atom. The van der Waals surface area contributed by atoms with Gasteiger partial charge < -0.3 is 14.9 Å². The van der Waals surface area contributed by atoms with Crippen molar-refractivity contribution in [3.8, 4) is 22.5 Å². The van der Waals surface area contributed by atoms with Crippen LogP contribution >= 0.6 is 11.6 Å². The first-order chi connectivity index (χ1) is 16.9. The average Bonchev–Trinajstić information content (AvgIpc) is 3.53. The largest absolute Gasteiger partial charge is 0.394 e. The highest BCUT2D eigenvalue weighted by molar-refractivity contribution is 6.30. The molecule has 4 atom stereocenters. The van der Waals surface area contributed by atoms with Crippen LogP contribution in [-0.2, 0) is 4.74 Å². The van der Waals surface area contributed by atoms with Crippen LogP contribution in [0.3, 0.4) is 0 Å². The number of ether oxygens (including phenoxy) is 1. The van der Waals surface area contributed by atoms with Crippen LogP contribution in [0.2, 0.25) is 5.02 Å². The van der Waals surface area contributed by atoms with E-state index < -0.39 is 48.5 Å². The van der Waals surface area contributed by atoms with E-state index in [-0.39, 0.29) is 17.7 Å². The minimum atomic E-state index is -1.58. The van der Waals surface area contributed by atoms with E-state index in [9.17, 15) is 23.4 Å². The molecule has 0 spiro atoms. The van der Waals surface area contributed by atoms with Crippen molar-refractivity contribution in [3.63, 3.8) is 0 Å². The van der Waals surface area contributed by atoms with Crippen molar-refractivity contribution in [3.05, 3.63) is 71.3 Å². The molecule has 1 aliphatic heterocycles. The number of aliphatic hydroxyl groups excluding tert-OH is 2. The van der Waals surface area contributed by atoms with Crippen molar-refractivity contribution in [2.75, 3.05) is 6.61 Å². The average molecular weight is 507 g/mol. The number of hydrogen-bond donors (Lipinski definition) is 2. The number of rotatable bonds is 5. The molecule has 13 heteroatoms. The summed E-state index contributed by atoms with van der Waals surface area (Å²) in [6.07, 6.45) is 0.145. The summed E-state index contributed by atoms with van der Waals surface area (Å²) >= 11 is 5.98. The molecule has 0 aliphatic carbocycles. The number of aliphatic hydroxyl groups is 2. The van der Waals surface area contributed by atoms with Crippen LogP contribution < -0.4 is 0 Å². The van der Waals surface area contributed by atoms with Gasteiger partial charge in [0.25, 0.3) is 0 Å². The van der Waals surface area contributed by atoms with Crippen molar-refractivity contribution in [1.29, 1.82) is 0 Å². The molecule has 4 aromatic rings. The van der Waals surface area contributed by atoms with E-state index in [0.717, 1.165) is 17.7 Å². The summed E-state index contributed by atoms with van der Waals surface area (Å²) in [5.41, 5.74) is 1.44. The van der Waals surface area contributed by atoms with Crippen molar-refractivity contribution < 1.29 is 28.1 Å².